The molecule has 0 amide bonds. The molecule has 31 heavy (non-hydrogen) atoms. The summed E-state index contributed by atoms with van der Waals surface area (Å²) in [6, 6.07) is 17.1. The predicted molar refractivity (Wildman–Crippen MR) is 116 cm³/mol. The molecule has 0 saturated carbocycles. The topological polar surface area (TPSA) is 110 Å². The van der Waals surface area contributed by atoms with Gasteiger partial charge in [0.1, 0.15) is 5.75 Å². The van der Waals surface area contributed by atoms with Gasteiger partial charge in [-0.3, -0.25) is 14.3 Å². The van der Waals surface area contributed by atoms with Gasteiger partial charge in [-0.05, 0) is 48.9 Å². The number of anilines is 1. The third-order valence-electron chi connectivity index (χ3n) is 4.61. The molecule has 0 spiro atoms. The van der Waals surface area contributed by atoms with E-state index in [0.29, 0.717) is 5.56 Å². The van der Waals surface area contributed by atoms with Gasteiger partial charge < -0.3 is 9.84 Å². The van der Waals surface area contributed by atoms with Crippen LogP contribution in [0.1, 0.15) is 27.0 Å². The number of methoxy groups -OCH3 is 1. The highest BCUT2D eigenvalue weighted by Crippen LogP contribution is 2.28. The maximum atomic E-state index is 13.3. The van der Waals surface area contributed by atoms with Gasteiger partial charge in [-0.15, -0.1) is 0 Å². The molecule has 0 aliphatic carbocycles. The van der Waals surface area contributed by atoms with E-state index in [1.165, 1.54) is 43.5 Å². The lowest BCUT2D eigenvalue weighted by Gasteiger charge is -2.14. The van der Waals surface area contributed by atoms with E-state index in [-0.39, 0.29) is 33.9 Å². The normalized spacial score (nSPS) is 11.0. The van der Waals surface area contributed by atoms with Gasteiger partial charge in [0.2, 0.25) is 0 Å². The van der Waals surface area contributed by atoms with Crippen molar-refractivity contribution in [2.75, 3.05) is 11.8 Å². The molecule has 0 fully saturated rings. The number of carbonyl (C=O) groups excluding carboxylic acids is 1. The Kier molecular flexibility index (Phi) is 6.41. The van der Waals surface area contributed by atoms with Gasteiger partial charge in [0.05, 0.1) is 29.7 Å². The van der Waals surface area contributed by atoms with Gasteiger partial charge >= 0.3 is 5.97 Å². The van der Waals surface area contributed by atoms with Crippen LogP contribution in [-0.4, -0.2) is 32.4 Å². The first-order chi connectivity index (χ1) is 14.7. The molecule has 0 heterocycles. The molecule has 3 aromatic carbocycles. The van der Waals surface area contributed by atoms with Gasteiger partial charge in [0.25, 0.3) is 10.0 Å². The van der Waals surface area contributed by atoms with Crippen molar-refractivity contribution >= 4 is 27.5 Å². The Morgan fingerprint density at radius 1 is 0.968 bits per heavy atom. The van der Waals surface area contributed by atoms with Crippen molar-refractivity contribution in [1.82, 2.24) is 0 Å². The highest BCUT2D eigenvalue weighted by Gasteiger charge is 2.22. The van der Waals surface area contributed by atoms with E-state index in [1.54, 1.807) is 30.3 Å². The van der Waals surface area contributed by atoms with Crippen LogP contribution in [0.2, 0.25) is 0 Å². The number of aryl methyl sites for hydroxylation is 1. The number of carboxylic acid groups (broad SMARTS) is 1. The second kappa shape index (κ2) is 9.01. The summed E-state index contributed by atoms with van der Waals surface area (Å²) in [7, 11) is -2.52. The molecule has 0 atom stereocenters. The van der Waals surface area contributed by atoms with E-state index in [9.17, 15) is 18.0 Å². The lowest BCUT2D eigenvalue weighted by molar-refractivity contribution is -0.136. The number of carboxylic acids is 1. The molecule has 0 unspecified atom stereocenters. The maximum absolute atomic E-state index is 13.3. The summed E-state index contributed by atoms with van der Waals surface area (Å²) in [5.74, 6) is -1.27. The van der Waals surface area contributed by atoms with Gasteiger partial charge in [0, 0.05) is 5.56 Å². The van der Waals surface area contributed by atoms with Gasteiger partial charge in [0.15, 0.2) is 5.78 Å². The van der Waals surface area contributed by atoms with Crippen LogP contribution < -0.4 is 9.46 Å². The number of rotatable bonds is 8. The number of sulfonamides is 1. The summed E-state index contributed by atoms with van der Waals surface area (Å²) >= 11 is 0. The summed E-state index contributed by atoms with van der Waals surface area (Å²) in [5, 5.41) is 9.04. The number of ketones is 1. The molecule has 0 aliphatic rings. The largest absolute Gasteiger partial charge is 0.496 e. The Morgan fingerprint density at radius 3 is 2.29 bits per heavy atom. The number of ether oxygens (including phenoxy) is 1. The molecule has 3 aromatic rings. The molecule has 8 heteroatoms. The van der Waals surface area contributed by atoms with Gasteiger partial charge in [-0.25, -0.2) is 8.42 Å². The zero-order valence-electron chi connectivity index (χ0n) is 17.0. The average Bonchev–Trinajstić information content (AvgIpc) is 2.73. The fourth-order valence-electron chi connectivity index (χ4n) is 3.05. The minimum Gasteiger partial charge on any atom is -0.496 e. The van der Waals surface area contributed by atoms with Crippen molar-refractivity contribution in [3.63, 3.8) is 0 Å². The summed E-state index contributed by atoms with van der Waals surface area (Å²) in [6.45, 7) is 1.85. The van der Waals surface area contributed by atoms with Crippen LogP contribution in [0.4, 0.5) is 5.69 Å². The Hall–Kier alpha value is -3.65. The van der Waals surface area contributed by atoms with E-state index >= 15 is 0 Å². The maximum Gasteiger partial charge on any atom is 0.307 e. The van der Waals surface area contributed by atoms with E-state index in [1.807, 2.05) is 6.92 Å². The number of hydrogen-bond acceptors (Lipinski definition) is 5. The predicted octanol–water partition coefficient (Wildman–Crippen LogP) is 3.66. The number of nitrogens with one attached hydrogen (secondary N) is 1. The number of aliphatic carboxylic acids is 1. The second-order valence-corrected chi connectivity index (χ2v) is 8.58. The quantitative estimate of drug-likeness (QED) is 0.519. The lowest BCUT2D eigenvalue weighted by atomic mass is 9.98. The highest BCUT2D eigenvalue weighted by molar-refractivity contribution is 7.92. The first-order valence-corrected chi connectivity index (χ1v) is 10.8. The molecule has 0 radical (unpaired) electrons. The van der Waals surface area contributed by atoms with Crippen LogP contribution in [0.3, 0.4) is 0 Å². The third kappa shape index (κ3) is 5.10. The Balaban J connectivity index is 2.01. The number of para-hydroxylation sites is 1. The fraction of sp³-hybridized carbons (Fsp3) is 0.130. The molecule has 0 bridgehead atoms. The fourth-order valence-corrected chi connectivity index (χ4v) is 4.13. The molecule has 160 valence electrons. The Bertz CT molecular complexity index is 1230. The van der Waals surface area contributed by atoms with Crippen LogP contribution in [0, 0.1) is 6.92 Å². The Morgan fingerprint density at radius 2 is 1.65 bits per heavy atom. The molecular formula is C23H21NO6S. The summed E-state index contributed by atoms with van der Waals surface area (Å²) in [6.07, 6.45) is -0.258. The molecule has 0 saturated heterocycles. The second-order valence-electron chi connectivity index (χ2n) is 6.90. The number of benzene rings is 3. The highest BCUT2D eigenvalue weighted by atomic mass is 32.2. The molecular weight excluding hydrogens is 418 g/mol. The first kappa shape index (κ1) is 22.0. The summed E-state index contributed by atoms with van der Waals surface area (Å²) in [5.41, 5.74) is 1.71. The molecule has 0 aliphatic heterocycles. The van der Waals surface area contributed by atoms with Crippen molar-refractivity contribution in [2.24, 2.45) is 0 Å². The zero-order valence-corrected chi connectivity index (χ0v) is 17.8. The van der Waals surface area contributed by atoms with Crippen molar-refractivity contribution < 1.29 is 27.9 Å². The SMILES string of the molecule is COc1ccc(CC(=O)O)cc1C(=O)c1ccccc1NS(=O)(=O)c1ccc(C)cc1. The zero-order chi connectivity index (χ0) is 22.6. The molecule has 0 aromatic heterocycles. The number of carbonyl (C=O) groups is 2. The van der Waals surface area contributed by atoms with Crippen LogP contribution in [0.15, 0.2) is 71.6 Å². The van der Waals surface area contributed by atoms with Crippen LogP contribution in [-0.2, 0) is 21.2 Å². The molecule has 7 nitrogen and oxygen atoms in total. The van der Waals surface area contributed by atoms with Crippen LogP contribution in [0.25, 0.3) is 0 Å². The van der Waals surface area contributed by atoms with Crippen molar-refractivity contribution in [2.45, 2.75) is 18.2 Å². The lowest BCUT2D eigenvalue weighted by Crippen LogP contribution is -2.16. The van der Waals surface area contributed by atoms with E-state index in [4.69, 9.17) is 9.84 Å². The van der Waals surface area contributed by atoms with Crippen molar-refractivity contribution in [1.29, 1.82) is 0 Å². The van der Waals surface area contributed by atoms with E-state index in [2.05, 4.69) is 4.72 Å². The summed E-state index contributed by atoms with van der Waals surface area (Å²) in [4.78, 5) is 24.4. The average molecular weight is 439 g/mol. The van der Waals surface area contributed by atoms with Crippen molar-refractivity contribution in [3.8, 4) is 5.75 Å². The Labute approximate surface area is 180 Å². The van der Waals surface area contributed by atoms with Crippen LogP contribution in [0.5, 0.6) is 5.75 Å². The molecule has 3 rings (SSSR count). The monoisotopic (exact) mass is 439 g/mol. The first-order valence-electron chi connectivity index (χ1n) is 9.33. The third-order valence-corrected chi connectivity index (χ3v) is 5.99. The number of hydrogen-bond donors (Lipinski definition) is 2. The minimum atomic E-state index is -3.92. The standard InChI is InChI=1S/C23H21NO6S/c1-15-7-10-17(11-8-15)31(28,29)24-20-6-4-3-5-18(20)23(27)19-13-16(14-22(25)26)9-12-21(19)30-2/h3-13,24H,14H2,1-2H3,(H,25,26). The van der Waals surface area contributed by atoms with Crippen LogP contribution >= 0.6 is 0 Å². The van der Waals surface area contributed by atoms with Gasteiger partial charge in [-0.2, -0.15) is 0 Å². The van der Waals surface area contributed by atoms with E-state index < -0.39 is 21.8 Å². The molecule has 2 N–H and O–H groups in total. The van der Waals surface area contributed by atoms with Crippen molar-refractivity contribution in [3.05, 3.63) is 89.0 Å². The summed E-state index contributed by atoms with van der Waals surface area (Å²) < 4.78 is 33.4. The minimum absolute atomic E-state index is 0.0707. The van der Waals surface area contributed by atoms with Gasteiger partial charge in [-0.1, -0.05) is 35.9 Å². The van der Waals surface area contributed by atoms with E-state index in [0.717, 1.165) is 5.56 Å². The smallest absolute Gasteiger partial charge is 0.307 e.